The maximum absolute atomic E-state index is 11.7. The van der Waals surface area contributed by atoms with E-state index in [-0.39, 0.29) is 12.4 Å². The number of fused-ring (bicyclic) bond motifs is 1. The van der Waals surface area contributed by atoms with Gasteiger partial charge in [-0.05, 0) is 12.1 Å². The number of rotatable bonds is 3. The molecule has 2 aromatic heterocycles. The Morgan fingerprint density at radius 1 is 1.32 bits per heavy atom. The maximum atomic E-state index is 11.7. The van der Waals surface area contributed by atoms with Crippen molar-refractivity contribution in [3.8, 4) is 5.19 Å². The largest absolute Gasteiger partial charge is 0.397 e. The first-order valence-electron chi connectivity index (χ1n) is 5.47. The van der Waals surface area contributed by atoms with Gasteiger partial charge >= 0.3 is 5.97 Å². The molecule has 0 bridgehead atoms. The molecular formula is C12H9N3O2S2. The van der Waals surface area contributed by atoms with Crippen molar-refractivity contribution in [1.29, 1.82) is 0 Å². The lowest BCUT2D eigenvalue weighted by atomic mass is 10.3. The van der Waals surface area contributed by atoms with E-state index in [2.05, 4.69) is 9.97 Å². The normalized spacial score (nSPS) is 10.7. The third-order valence-corrected chi connectivity index (χ3v) is 4.01. The zero-order valence-electron chi connectivity index (χ0n) is 9.70. The molecule has 0 aliphatic carbocycles. The molecular weight excluding hydrogens is 282 g/mol. The first-order chi connectivity index (χ1) is 9.20. The van der Waals surface area contributed by atoms with Gasteiger partial charge in [0.25, 0.3) is 5.19 Å². The van der Waals surface area contributed by atoms with Crippen molar-refractivity contribution in [1.82, 2.24) is 9.97 Å². The second-order valence-corrected chi connectivity index (χ2v) is 5.66. The van der Waals surface area contributed by atoms with E-state index in [1.165, 1.54) is 22.7 Å². The number of aromatic nitrogens is 2. The molecule has 7 heteroatoms. The number of ether oxygens (including phenoxy) is 1. The van der Waals surface area contributed by atoms with E-state index in [1.54, 1.807) is 5.38 Å². The molecule has 0 atom stereocenters. The van der Waals surface area contributed by atoms with Crippen molar-refractivity contribution >= 4 is 44.0 Å². The highest BCUT2D eigenvalue weighted by atomic mass is 32.1. The molecule has 0 aliphatic rings. The summed E-state index contributed by atoms with van der Waals surface area (Å²) in [5.41, 5.74) is 6.95. The van der Waals surface area contributed by atoms with Gasteiger partial charge in [0.2, 0.25) is 0 Å². The number of hydrogen-bond acceptors (Lipinski definition) is 7. The number of carbonyl (C=O) groups is 1. The number of nitrogen functional groups attached to an aromatic ring is 1. The van der Waals surface area contributed by atoms with Crippen molar-refractivity contribution in [3.63, 3.8) is 0 Å². The molecule has 0 fully saturated rings. The first-order valence-corrected chi connectivity index (χ1v) is 7.16. The highest BCUT2D eigenvalue weighted by Crippen LogP contribution is 2.27. The lowest BCUT2D eigenvalue weighted by molar-refractivity contribution is -0.133. The minimum Gasteiger partial charge on any atom is -0.397 e. The fourth-order valence-corrected chi connectivity index (χ4v) is 2.97. The summed E-state index contributed by atoms with van der Waals surface area (Å²) in [5, 5.41) is 2.55. The fourth-order valence-electron chi connectivity index (χ4n) is 1.58. The number of anilines is 1. The van der Waals surface area contributed by atoms with Crippen LogP contribution in [0.5, 0.6) is 5.19 Å². The molecule has 0 amide bonds. The summed E-state index contributed by atoms with van der Waals surface area (Å²) < 4.78 is 6.19. The molecule has 0 radical (unpaired) electrons. The van der Waals surface area contributed by atoms with Gasteiger partial charge < -0.3 is 10.5 Å². The maximum Gasteiger partial charge on any atom is 0.319 e. The molecule has 0 saturated heterocycles. The summed E-state index contributed by atoms with van der Waals surface area (Å²) in [6.45, 7) is 0. The predicted molar refractivity (Wildman–Crippen MR) is 75.5 cm³/mol. The van der Waals surface area contributed by atoms with Gasteiger partial charge in [-0.1, -0.05) is 23.5 Å². The summed E-state index contributed by atoms with van der Waals surface area (Å²) in [6, 6.07) is 7.63. The van der Waals surface area contributed by atoms with Crippen molar-refractivity contribution in [2.24, 2.45) is 0 Å². The summed E-state index contributed by atoms with van der Waals surface area (Å²) >= 11 is 2.65. The van der Waals surface area contributed by atoms with Crippen LogP contribution in [0, 0.1) is 0 Å². The Hall–Kier alpha value is -1.99. The molecule has 0 spiro atoms. The van der Waals surface area contributed by atoms with Crippen LogP contribution in [0.3, 0.4) is 0 Å². The van der Waals surface area contributed by atoms with Crippen LogP contribution >= 0.6 is 22.7 Å². The smallest absolute Gasteiger partial charge is 0.319 e. The van der Waals surface area contributed by atoms with E-state index >= 15 is 0 Å². The van der Waals surface area contributed by atoms with Crippen LogP contribution in [0.4, 0.5) is 5.13 Å². The third kappa shape index (κ3) is 2.72. The van der Waals surface area contributed by atoms with Gasteiger partial charge in [0.05, 0.1) is 22.3 Å². The summed E-state index contributed by atoms with van der Waals surface area (Å²) in [4.78, 5) is 20.0. The number of thiazole rings is 2. The van der Waals surface area contributed by atoms with Gasteiger partial charge in [-0.25, -0.2) is 9.97 Å². The highest BCUT2D eigenvalue weighted by molar-refractivity contribution is 7.20. The lowest BCUT2D eigenvalue weighted by Gasteiger charge is -1.97. The quantitative estimate of drug-likeness (QED) is 0.750. The van der Waals surface area contributed by atoms with E-state index in [0.717, 1.165) is 10.2 Å². The standard InChI is InChI=1S/C12H9N3O2S2/c13-11-14-7(6-18-11)5-10(16)17-12-15-8-3-1-2-4-9(8)19-12/h1-4,6H,5H2,(H2,13,14). The number of nitrogens with two attached hydrogens (primary N) is 1. The van der Waals surface area contributed by atoms with Crippen LogP contribution in [0.1, 0.15) is 5.69 Å². The molecule has 0 saturated carbocycles. The van der Waals surface area contributed by atoms with Gasteiger partial charge in [0.1, 0.15) is 0 Å². The monoisotopic (exact) mass is 291 g/mol. The van der Waals surface area contributed by atoms with Crippen molar-refractivity contribution in [2.45, 2.75) is 6.42 Å². The van der Waals surface area contributed by atoms with Crippen LogP contribution in [-0.4, -0.2) is 15.9 Å². The van der Waals surface area contributed by atoms with E-state index in [0.29, 0.717) is 16.0 Å². The Labute approximate surface area is 116 Å². The van der Waals surface area contributed by atoms with Crippen LogP contribution < -0.4 is 10.5 Å². The first kappa shape index (κ1) is 12.1. The molecule has 0 unspecified atom stereocenters. The zero-order chi connectivity index (χ0) is 13.2. The van der Waals surface area contributed by atoms with Crippen LogP contribution in [0.2, 0.25) is 0 Å². The second kappa shape index (κ2) is 4.94. The number of carbonyl (C=O) groups excluding carboxylic acids is 1. The fraction of sp³-hybridized carbons (Fsp3) is 0.0833. The average Bonchev–Trinajstić information content (AvgIpc) is 2.94. The Morgan fingerprint density at radius 2 is 2.16 bits per heavy atom. The minimum atomic E-state index is -0.385. The lowest BCUT2D eigenvalue weighted by Crippen LogP contribution is -2.11. The van der Waals surface area contributed by atoms with E-state index in [4.69, 9.17) is 10.5 Å². The number of para-hydroxylation sites is 1. The Morgan fingerprint density at radius 3 is 2.89 bits per heavy atom. The number of benzene rings is 1. The van der Waals surface area contributed by atoms with Gasteiger partial charge in [-0.15, -0.1) is 11.3 Å². The highest BCUT2D eigenvalue weighted by Gasteiger charge is 2.12. The Kier molecular flexibility index (Phi) is 3.14. The van der Waals surface area contributed by atoms with Crippen molar-refractivity contribution < 1.29 is 9.53 Å². The summed E-state index contributed by atoms with van der Waals surface area (Å²) in [5.74, 6) is -0.385. The number of hydrogen-bond donors (Lipinski definition) is 1. The molecule has 0 aliphatic heterocycles. The Bertz CT molecular complexity index is 702. The minimum absolute atomic E-state index is 0.101. The molecule has 2 heterocycles. The van der Waals surface area contributed by atoms with Crippen molar-refractivity contribution in [2.75, 3.05) is 5.73 Å². The SMILES string of the molecule is Nc1nc(CC(=O)Oc2nc3ccccc3s2)cs1. The van der Waals surface area contributed by atoms with E-state index in [9.17, 15) is 4.79 Å². The molecule has 19 heavy (non-hydrogen) atoms. The van der Waals surface area contributed by atoms with Crippen LogP contribution in [0.15, 0.2) is 29.6 Å². The molecule has 1 aromatic carbocycles. The average molecular weight is 291 g/mol. The predicted octanol–water partition coefficient (Wildman–Crippen LogP) is 2.48. The second-order valence-electron chi connectivity index (χ2n) is 3.78. The number of nitrogens with zero attached hydrogens (tertiary/aromatic N) is 2. The van der Waals surface area contributed by atoms with E-state index in [1.807, 2.05) is 24.3 Å². The van der Waals surface area contributed by atoms with Gasteiger partial charge in [0.15, 0.2) is 5.13 Å². The Balaban J connectivity index is 1.72. The van der Waals surface area contributed by atoms with E-state index < -0.39 is 0 Å². The number of esters is 1. The zero-order valence-corrected chi connectivity index (χ0v) is 11.3. The molecule has 3 rings (SSSR count). The van der Waals surface area contributed by atoms with Gasteiger partial charge in [0, 0.05) is 5.38 Å². The molecule has 2 N–H and O–H groups in total. The van der Waals surface area contributed by atoms with Gasteiger partial charge in [-0.2, -0.15) is 0 Å². The molecule has 3 aromatic rings. The molecule has 5 nitrogen and oxygen atoms in total. The summed E-state index contributed by atoms with van der Waals surface area (Å²) in [6.07, 6.45) is 0.101. The topological polar surface area (TPSA) is 78.1 Å². The van der Waals surface area contributed by atoms with Gasteiger partial charge in [-0.3, -0.25) is 4.79 Å². The summed E-state index contributed by atoms with van der Waals surface area (Å²) in [7, 11) is 0. The van der Waals surface area contributed by atoms with Crippen molar-refractivity contribution in [3.05, 3.63) is 35.3 Å². The van der Waals surface area contributed by atoms with Crippen LogP contribution in [-0.2, 0) is 11.2 Å². The van der Waals surface area contributed by atoms with Crippen LogP contribution in [0.25, 0.3) is 10.2 Å². The molecule has 96 valence electrons. The third-order valence-electron chi connectivity index (χ3n) is 2.37.